The van der Waals surface area contributed by atoms with Gasteiger partial charge in [-0.1, -0.05) is 64.8 Å². The molecule has 0 aliphatic rings. The lowest BCUT2D eigenvalue weighted by molar-refractivity contribution is -0.0974. The van der Waals surface area contributed by atoms with Crippen LogP contribution in [0.25, 0.3) is 0 Å². The number of oxime groups is 1. The molecular formula is C22H28FNO4. The second-order valence-electron chi connectivity index (χ2n) is 6.71. The first-order chi connectivity index (χ1) is 13.5. The van der Waals surface area contributed by atoms with Gasteiger partial charge in [-0.3, -0.25) is 0 Å². The normalized spacial score (nSPS) is 14.8. The Hall–Kier alpha value is -2.28. The smallest absolute Gasteiger partial charge is 0.167 e. The zero-order valence-electron chi connectivity index (χ0n) is 16.5. The van der Waals surface area contributed by atoms with E-state index in [0.717, 1.165) is 28.5 Å². The Morgan fingerprint density at radius 1 is 0.964 bits per heavy atom. The average Bonchev–Trinajstić information content (AvgIpc) is 2.69. The molecule has 2 rings (SSSR count). The topological polar surface area (TPSA) is 60.3 Å². The van der Waals surface area contributed by atoms with Gasteiger partial charge in [0.05, 0.1) is 26.0 Å². The first-order valence-electron chi connectivity index (χ1n) is 9.19. The Kier molecular flexibility index (Phi) is 9.07. The van der Waals surface area contributed by atoms with Crippen LogP contribution < -0.4 is 0 Å². The number of hydrogen-bond acceptors (Lipinski definition) is 5. The Morgan fingerprint density at radius 3 is 2.04 bits per heavy atom. The van der Waals surface area contributed by atoms with Crippen LogP contribution in [0, 0.1) is 13.8 Å². The molecule has 0 aromatic heterocycles. The zero-order chi connectivity index (χ0) is 20.4. The molecule has 2 aromatic rings. The molecule has 5 nitrogen and oxygen atoms in total. The Bertz CT molecular complexity index is 718. The van der Waals surface area contributed by atoms with Crippen molar-refractivity contribution in [2.75, 3.05) is 13.7 Å². The van der Waals surface area contributed by atoms with Crippen LogP contribution in [-0.4, -0.2) is 43.4 Å². The minimum atomic E-state index is -1.64. The number of aliphatic hydroxyl groups excluding tert-OH is 1. The summed E-state index contributed by atoms with van der Waals surface area (Å²) < 4.78 is 25.7. The number of aliphatic hydroxyl groups is 1. The maximum atomic E-state index is 14.5. The highest BCUT2D eigenvalue weighted by Gasteiger charge is 2.29. The van der Waals surface area contributed by atoms with Crippen molar-refractivity contribution < 1.29 is 23.8 Å². The summed E-state index contributed by atoms with van der Waals surface area (Å²) in [5.41, 5.74) is 4.15. The number of nitrogens with zero attached hydrogens (tertiary/aromatic N) is 1. The van der Waals surface area contributed by atoms with Crippen molar-refractivity contribution >= 4 is 6.21 Å². The number of ether oxygens (including phenoxy) is 2. The van der Waals surface area contributed by atoms with Crippen LogP contribution in [0.3, 0.4) is 0 Å². The minimum Gasteiger partial charge on any atom is -0.399 e. The summed E-state index contributed by atoms with van der Waals surface area (Å²) in [7, 11) is 1.33. The summed E-state index contributed by atoms with van der Waals surface area (Å²) in [5.74, 6) is 0. The van der Waals surface area contributed by atoms with E-state index in [9.17, 15) is 9.50 Å². The fourth-order valence-corrected chi connectivity index (χ4v) is 2.57. The number of rotatable bonds is 11. The maximum Gasteiger partial charge on any atom is 0.167 e. The van der Waals surface area contributed by atoms with E-state index < -0.39 is 18.4 Å². The van der Waals surface area contributed by atoms with E-state index in [1.807, 2.05) is 62.4 Å². The third-order valence-corrected chi connectivity index (χ3v) is 4.24. The van der Waals surface area contributed by atoms with E-state index in [4.69, 9.17) is 9.47 Å². The summed E-state index contributed by atoms with van der Waals surface area (Å²) in [6.07, 6.45) is -2.95. The van der Waals surface area contributed by atoms with Crippen LogP contribution in [0.4, 0.5) is 4.39 Å². The Balaban J connectivity index is 1.93. The predicted molar refractivity (Wildman–Crippen MR) is 107 cm³/mol. The van der Waals surface area contributed by atoms with Gasteiger partial charge in [-0.15, -0.1) is 0 Å². The van der Waals surface area contributed by atoms with Gasteiger partial charge in [0.2, 0.25) is 0 Å². The largest absolute Gasteiger partial charge is 0.399 e. The van der Waals surface area contributed by atoms with E-state index in [1.165, 1.54) is 7.11 Å². The molecule has 0 aliphatic heterocycles. The third kappa shape index (κ3) is 7.38. The third-order valence-electron chi connectivity index (χ3n) is 4.24. The predicted octanol–water partition coefficient (Wildman–Crippen LogP) is 3.74. The van der Waals surface area contributed by atoms with Crippen molar-refractivity contribution in [2.24, 2.45) is 5.16 Å². The molecule has 28 heavy (non-hydrogen) atoms. The molecule has 6 heteroatoms. The minimum absolute atomic E-state index is 0.0618. The highest BCUT2D eigenvalue weighted by atomic mass is 19.1. The van der Waals surface area contributed by atoms with Crippen LogP contribution in [0.15, 0.2) is 53.7 Å². The fourth-order valence-electron chi connectivity index (χ4n) is 2.57. The van der Waals surface area contributed by atoms with Gasteiger partial charge in [-0.25, -0.2) is 4.39 Å². The SMILES string of the molecule is CON=C[C@H](F)[C@H](OCc1ccc(C)cc1)[C@H](O)COCc1ccc(C)cc1. The first kappa shape index (κ1) is 22.0. The van der Waals surface area contributed by atoms with E-state index in [2.05, 4.69) is 9.99 Å². The van der Waals surface area contributed by atoms with Crippen molar-refractivity contribution in [2.45, 2.75) is 45.4 Å². The molecule has 0 aliphatic carbocycles. The number of alkyl halides is 1. The molecule has 0 spiro atoms. The summed E-state index contributed by atoms with van der Waals surface area (Å²) in [6, 6.07) is 15.6. The zero-order valence-corrected chi connectivity index (χ0v) is 16.5. The molecule has 3 atom stereocenters. The lowest BCUT2D eigenvalue weighted by atomic mass is 10.1. The molecule has 152 valence electrons. The first-order valence-corrected chi connectivity index (χ1v) is 9.19. The molecular weight excluding hydrogens is 361 g/mol. The number of hydrogen-bond donors (Lipinski definition) is 1. The summed E-state index contributed by atoms with van der Waals surface area (Å²) in [5, 5.41) is 13.9. The maximum absolute atomic E-state index is 14.5. The van der Waals surface area contributed by atoms with Gasteiger partial charge in [0.15, 0.2) is 6.17 Å². The molecule has 0 radical (unpaired) electrons. The molecule has 2 aromatic carbocycles. The van der Waals surface area contributed by atoms with Crippen LogP contribution in [0.1, 0.15) is 22.3 Å². The number of benzene rings is 2. The van der Waals surface area contributed by atoms with E-state index in [0.29, 0.717) is 6.61 Å². The summed E-state index contributed by atoms with van der Waals surface area (Å²) >= 11 is 0. The second kappa shape index (κ2) is 11.5. The summed E-state index contributed by atoms with van der Waals surface area (Å²) in [6.45, 7) is 4.43. The molecule has 0 bridgehead atoms. The highest BCUT2D eigenvalue weighted by Crippen LogP contribution is 2.14. The monoisotopic (exact) mass is 389 g/mol. The van der Waals surface area contributed by atoms with Gasteiger partial charge in [0.1, 0.15) is 19.3 Å². The van der Waals surface area contributed by atoms with Gasteiger partial charge in [0.25, 0.3) is 0 Å². The second-order valence-corrected chi connectivity index (χ2v) is 6.71. The van der Waals surface area contributed by atoms with Crippen LogP contribution in [0.5, 0.6) is 0 Å². The quantitative estimate of drug-likeness (QED) is 0.470. The van der Waals surface area contributed by atoms with Crippen LogP contribution in [0.2, 0.25) is 0 Å². The lowest BCUT2D eigenvalue weighted by Gasteiger charge is -2.24. The van der Waals surface area contributed by atoms with Crippen molar-refractivity contribution in [1.82, 2.24) is 0 Å². The standard InChI is InChI=1S/C22H28FNO4/c1-16-4-8-18(9-5-16)13-27-15-21(25)22(20(23)12-24-26-3)28-14-19-10-6-17(2)7-11-19/h4-12,20-22,25H,13-15H2,1-3H3/t20-,21+,22-/m0/s1. The molecule has 0 unspecified atom stereocenters. The average molecular weight is 389 g/mol. The lowest BCUT2D eigenvalue weighted by Crippen LogP contribution is -2.41. The van der Waals surface area contributed by atoms with Gasteiger partial charge in [-0.05, 0) is 25.0 Å². The van der Waals surface area contributed by atoms with E-state index in [-0.39, 0.29) is 13.2 Å². The fraction of sp³-hybridized carbons (Fsp3) is 0.409. The molecule has 1 N–H and O–H groups in total. The Morgan fingerprint density at radius 2 is 1.50 bits per heavy atom. The van der Waals surface area contributed by atoms with Crippen molar-refractivity contribution in [3.05, 3.63) is 70.8 Å². The van der Waals surface area contributed by atoms with Crippen LogP contribution in [-0.2, 0) is 27.5 Å². The summed E-state index contributed by atoms with van der Waals surface area (Å²) in [4.78, 5) is 4.53. The van der Waals surface area contributed by atoms with Gasteiger partial charge < -0.3 is 19.4 Å². The molecule has 0 amide bonds. The number of aryl methyl sites for hydroxylation is 2. The highest BCUT2D eigenvalue weighted by molar-refractivity contribution is 5.63. The van der Waals surface area contributed by atoms with E-state index >= 15 is 0 Å². The molecule has 0 fully saturated rings. The molecule has 0 saturated heterocycles. The van der Waals surface area contributed by atoms with Gasteiger partial charge in [0, 0.05) is 0 Å². The van der Waals surface area contributed by atoms with Gasteiger partial charge >= 0.3 is 0 Å². The van der Waals surface area contributed by atoms with Crippen LogP contribution >= 0.6 is 0 Å². The Labute approximate surface area is 165 Å². The van der Waals surface area contributed by atoms with E-state index in [1.54, 1.807) is 0 Å². The van der Waals surface area contributed by atoms with Gasteiger partial charge in [-0.2, -0.15) is 0 Å². The number of halogens is 1. The molecule has 0 heterocycles. The van der Waals surface area contributed by atoms with Crippen molar-refractivity contribution in [1.29, 1.82) is 0 Å². The molecule has 0 saturated carbocycles. The van der Waals surface area contributed by atoms with Crippen molar-refractivity contribution in [3.8, 4) is 0 Å². The van der Waals surface area contributed by atoms with Crippen molar-refractivity contribution in [3.63, 3.8) is 0 Å².